The van der Waals surface area contributed by atoms with E-state index in [4.69, 9.17) is 4.74 Å². The standard InChI is InChI=1S/C21H32N4O2/c1-7-25-12-10-18(11-13-25)24(5)21(26)23(4)15-19(22-3)17-9-8-16(2)20(14-17)27-6/h8-9,14-15,18H,3,7,10-13H2,1-2,4-6H3/b19-15-. The largest absolute Gasteiger partial charge is 0.496 e. The summed E-state index contributed by atoms with van der Waals surface area (Å²) in [6.07, 6.45) is 3.75. The Morgan fingerprint density at radius 2 is 2.04 bits per heavy atom. The lowest BCUT2D eigenvalue weighted by atomic mass is 10.0. The molecule has 0 spiro atoms. The molecule has 1 aromatic carbocycles. The van der Waals surface area contributed by atoms with Crippen LogP contribution in [0.4, 0.5) is 4.79 Å². The lowest BCUT2D eigenvalue weighted by molar-refractivity contribution is 0.126. The van der Waals surface area contributed by atoms with Crippen LogP contribution in [-0.4, -0.2) is 74.3 Å². The SMILES string of the molecule is C=N/C(=C\N(C)C(=O)N(C)C1CCN(CC)CC1)c1ccc(C)c(OC)c1. The summed E-state index contributed by atoms with van der Waals surface area (Å²) in [6.45, 7) is 11.0. The number of amides is 2. The fraction of sp³-hybridized carbons (Fsp3) is 0.524. The number of carbonyl (C=O) groups excluding carboxylic acids is 1. The number of likely N-dealkylation sites (tertiary alicyclic amines) is 1. The minimum Gasteiger partial charge on any atom is -0.496 e. The summed E-state index contributed by atoms with van der Waals surface area (Å²) in [5.41, 5.74) is 2.55. The zero-order chi connectivity index (χ0) is 20.0. The molecule has 2 amide bonds. The van der Waals surface area contributed by atoms with E-state index in [1.54, 1.807) is 25.3 Å². The molecule has 0 bridgehead atoms. The summed E-state index contributed by atoms with van der Waals surface area (Å²) in [4.78, 5) is 22.8. The molecule has 2 rings (SSSR count). The molecule has 0 saturated carbocycles. The number of ether oxygens (including phenoxy) is 1. The minimum atomic E-state index is -0.0369. The van der Waals surface area contributed by atoms with Crippen LogP contribution in [0.5, 0.6) is 5.75 Å². The molecule has 0 aliphatic carbocycles. The Morgan fingerprint density at radius 1 is 1.37 bits per heavy atom. The van der Waals surface area contributed by atoms with E-state index in [2.05, 4.69) is 23.5 Å². The van der Waals surface area contributed by atoms with E-state index in [1.165, 1.54) is 0 Å². The zero-order valence-corrected chi connectivity index (χ0v) is 17.2. The van der Waals surface area contributed by atoms with Gasteiger partial charge in [-0.3, -0.25) is 4.99 Å². The second-order valence-electron chi connectivity index (χ2n) is 7.03. The van der Waals surface area contributed by atoms with Crippen molar-refractivity contribution in [2.75, 3.05) is 40.8 Å². The number of hydrogen-bond donors (Lipinski definition) is 0. The maximum atomic E-state index is 12.9. The predicted molar refractivity (Wildman–Crippen MR) is 111 cm³/mol. The van der Waals surface area contributed by atoms with Crippen LogP contribution >= 0.6 is 0 Å². The fourth-order valence-electron chi connectivity index (χ4n) is 3.45. The van der Waals surface area contributed by atoms with Crippen LogP contribution in [-0.2, 0) is 0 Å². The molecule has 0 atom stereocenters. The Bertz CT molecular complexity index is 693. The Kier molecular flexibility index (Phi) is 7.42. The molecule has 6 nitrogen and oxygen atoms in total. The molecule has 0 N–H and O–H groups in total. The van der Waals surface area contributed by atoms with E-state index in [0.29, 0.717) is 5.70 Å². The number of hydrogen-bond acceptors (Lipinski definition) is 4. The first-order valence-corrected chi connectivity index (χ1v) is 9.46. The lowest BCUT2D eigenvalue weighted by Crippen LogP contribution is -2.48. The van der Waals surface area contributed by atoms with Gasteiger partial charge in [0.05, 0.1) is 12.8 Å². The summed E-state index contributed by atoms with van der Waals surface area (Å²) >= 11 is 0. The Labute approximate surface area is 163 Å². The molecule has 0 aromatic heterocycles. The zero-order valence-electron chi connectivity index (χ0n) is 17.2. The van der Waals surface area contributed by atoms with Crippen molar-refractivity contribution in [2.24, 2.45) is 4.99 Å². The monoisotopic (exact) mass is 372 g/mol. The van der Waals surface area contributed by atoms with E-state index in [-0.39, 0.29) is 12.1 Å². The number of urea groups is 1. The molecule has 1 aromatic rings. The summed E-state index contributed by atoms with van der Waals surface area (Å²) in [5.74, 6) is 0.788. The number of carbonyl (C=O) groups is 1. The van der Waals surface area contributed by atoms with Crippen molar-refractivity contribution in [3.8, 4) is 5.75 Å². The number of nitrogens with zero attached hydrogens (tertiary/aromatic N) is 4. The average Bonchev–Trinajstić information content (AvgIpc) is 2.71. The first kappa shape index (κ1) is 21.0. The third-order valence-electron chi connectivity index (χ3n) is 5.35. The summed E-state index contributed by atoms with van der Waals surface area (Å²) < 4.78 is 5.39. The third-order valence-corrected chi connectivity index (χ3v) is 5.35. The lowest BCUT2D eigenvalue weighted by Gasteiger charge is -2.37. The molecule has 1 fully saturated rings. The normalized spacial score (nSPS) is 16.1. The predicted octanol–water partition coefficient (Wildman–Crippen LogP) is 3.47. The second-order valence-corrected chi connectivity index (χ2v) is 7.03. The minimum absolute atomic E-state index is 0.0369. The number of aryl methyl sites for hydroxylation is 1. The first-order chi connectivity index (χ1) is 12.9. The van der Waals surface area contributed by atoms with Gasteiger partial charge in [-0.25, -0.2) is 4.79 Å². The molecule has 1 saturated heterocycles. The highest BCUT2D eigenvalue weighted by atomic mass is 16.5. The Morgan fingerprint density at radius 3 is 2.59 bits per heavy atom. The number of rotatable bonds is 6. The average molecular weight is 373 g/mol. The number of benzene rings is 1. The van der Waals surface area contributed by atoms with Gasteiger partial charge in [0.25, 0.3) is 0 Å². The molecule has 1 aliphatic rings. The van der Waals surface area contributed by atoms with Crippen molar-refractivity contribution in [2.45, 2.75) is 32.7 Å². The van der Waals surface area contributed by atoms with Crippen molar-refractivity contribution in [1.29, 1.82) is 0 Å². The topological polar surface area (TPSA) is 48.4 Å². The number of aliphatic imine (C=N–C) groups is 1. The van der Waals surface area contributed by atoms with Gasteiger partial charge in [-0.15, -0.1) is 0 Å². The molecule has 27 heavy (non-hydrogen) atoms. The third kappa shape index (κ3) is 5.10. The van der Waals surface area contributed by atoms with Crippen LogP contribution in [0.3, 0.4) is 0 Å². The first-order valence-electron chi connectivity index (χ1n) is 9.46. The Balaban J connectivity index is 2.11. The summed E-state index contributed by atoms with van der Waals surface area (Å²) in [7, 11) is 5.29. The highest BCUT2D eigenvalue weighted by Crippen LogP contribution is 2.25. The molecule has 6 heteroatoms. The van der Waals surface area contributed by atoms with Crippen LogP contribution < -0.4 is 4.74 Å². The van der Waals surface area contributed by atoms with E-state index in [9.17, 15) is 4.79 Å². The second kappa shape index (κ2) is 9.55. The quantitative estimate of drug-likeness (QED) is 0.719. The van der Waals surface area contributed by atoms with Crippen LogP contribution in [0.2, 0.25) is 0 Å². The van der Waals surface area contributed by atoms with Crippen molar-refractivity contribution >= 4 is 18.4 Å². The molecule has 0 radical (unpaired) electrons. The van der Waals surface area contributed by atoms with E-state index >= 15 is 0 Å². The number of piperidine rings is 1. The van der Waals surface area contributed by atoms with E-state index in [1.807, 2.05) is 37.1 Å². The van der Waals surface area contributed by atoms with Crippen molar-refractivity contribution in [3.05, 3.63) is 35.5 Å². The maximum Gasteiger partial charge on any atom is 0.323 e. The molecule has 148 valence electrons. The van der Waals surface area contributed by atoms with Gasteiger partial charge in [0.1, 0.15) is 5.75 Å². The van der Waals surface area contributed by atoms with E-state index < -0.39 is 0 Å². The van der Waals surface area contributed by atoms with Gasteiger partial charge < -0.3 is 19.4 Å². The molecule has 1 aliphatic heterocycles. The smallest absolute Gasteiger partial charge is 0.323 e. The molecular formula is C21H32N4O2. The van der Waals surface area contributed by atoms with Crippen molar-refractivity contribution < 1.29 is 9.53 Å². The van der Waals surface area contributed by atoms with Crippen molar-refractivity contribution in [1.82, 2.24) is 14.7 Å². The van der Waals surface area contributed by atoms with Crippen LogP contribution in [0, 0.1) is 6.92 Å². The highest BCUT2D eigenvalue weighted by molar-refractivity contribution is 5.78. The van der Waals surface area contributed by atoms with Gasteiger partial charge in [0.15, 0.2) is 0 Å². The van der Waals surface area contributed by atoms with Gasteiger partial charge in [-0.1, -0.05) is 19.1 Å². The number of methoxy groups -OCH3 is 1. The maximum absolute atomic E-state index is 12.9. The van der Waals surface area contributed by atoms with Crippen LogP contribution in [0.1, 0.15) is 30.9 Å². The fourth-order valence-corrected chi connectivity index (χ4v) is 3.45. The van der Waals surface area contributed by atoms with Gasteiger partial charge in [0.2, 0.25) is 0 Å². The van der Waals surface area contributed by atoms with Gasteiger partial charge >= 0.3 is 6.03 Å². The molecule has 0 unspecified atom stereocenters. The molecule has 1 heterocycles. The van der Waals surface area contributed by atoms with Crippen LogP contribution in [0.25, 0.3) is 5.70 Å². The Hall–Kier alpha value is -2.34. The molecular weight excluding hydrogens is 340 g/mol. The summed E-state index contributed by atoms with van der Waals surface area (Å²) in [6, 6.07) is 6.09. The summed E-state index contributed by atoms with van der Waals surface area (Å²) in [5, 5.41) is 0. The van der Waals surface area contributed by atoms with Gasteiger partial charge in [-0.2, -0.15) is 0 Å². The highest BCUT2D eigenvalue weighted by Gasteiger charge is 2.26. The van der Waals surface area contributed by atoms with Crippen LogP contribution in [0.15, 0.2) is 29.4 Å². The van der Waals surface area contributed by atoms with Crippen molar-refractivity contribution in [3.63, 3.8) is 0 Å². The van der Waals surface area contributed by atoms with Gasteiger partial charge in [-0.05, 0) is 44.7 Å². The van der Waals surface area contributed by atoms with Gasteiger partial charge in [0, 0.05) is 45.0 Å². The van der Waals surface area contributed by atoms with E-state index in [0.717, 1.165) is 49.4 Å².